The third-order valence-electron chi connectivity index (χ3n) is 3.54. The smallest absolute Gasteiger partial charge is 0.282 e. The molecule has 2 aromatic rings. The van der Waals surface area contributed by atoms with Crippen LogP contribution in [0, 0.1) is 0 Å². The van der Waals surface area contributed by atoms with Gasteiger partial charge in [0.1, 0.15) is 4.47 Å². The van der Waals surface area contributed by atoms with Crippen molar-refractivity contribution in [3.8, 4) is 11.5 Å². The lowest BCUT2D eigenvalue weighted by molar-refractivity contribution is 0.352. The van der Waals surface area contributed by atoms with Crippen molar-refractivity contribution in [2.24, 2.45) is 7.05 Å². The zero-order valence-electron chi connectivity index (χ0n) is 13.9. The molecule has 1 N–H and O–H groups in total. The van der Waals surface area contributed by atoms with E-state index in [9.17, 15) is 4.79 Å². The number of hydrogen-bond donors (Lipinski definition) is 1. The molecule has 1 heterocycles. The molecule has 0 atom stereocenters. The maximum absolute atomic E-state index is 11.9. The molecule has 0 amide bonds. The number of allylic oxidation sites excluding steroid dienone is 1. The number of benzene rings is 1. The third-order valence-corrected chi connectivity index (χ3v) is 4.31. The van der Waals surface area contributed by atoms with Gasteiger partial charge in [0.2, 0.25) is 0 Å². The van der Waals surface area contributed by atoms with E-state index < -0.39 is 0 Å². The summed E-state index contributed by atoms with van der Waals surface area (Å²) in [5.41, 5.74) is 2.43. The van der Waals surface area contributed by atoms with Crippen molar-refractivity contribution >= 4 is 21.6 Å². The molecule has 6 nitrogen and oxygen atoms in total. The first kappa shape index (κ1) is 18.1. The quantitative estimate of drug-likeness (QED) is 0.732. The normalized spacial score (nSPS) is 10.3. The van der Waals surface area contributed by atoms with E-state index in [2.05, 4.69) is 32.9 Å². The Morgan fingerprint density at radius 2 is 2.12 bits per heavy atom. The number of nitrogens with zero attached hydrogens (tertiary/aromatic N) is 2. The molecular weight excluding hydrogens is 374 g/mol. The summed E-state index contributed by atoms with van der Waals surface area (Å²) in [6.07, 6.45) is 4.09. The van der Waals surface area contributed by atoms with Gasteiger partial charge in [0.25, 0.3) is 5.56 Å². The summed E-state index contributed by atoms with van der Waals surface area (Å²) >= 11 is 3.30. The first-order valence-corrected chi connectivity index (χ1v) is 8.11. The number of halogens is 1. The SMILES string of the molecule is C=CCc1cc(CNc2cnn(C)c(=O)c2Br)cc(OC)c1OC. The number of methoxy groups -OCH3 is 2. The second-order valence-corrected chi connectivity index (χ2v) is 5.93. The maximum Gasteiger partial charge on any atom is 0.282 e. The molecule has 1 aromatic carbocycles. The van der Waals surface area contributed by atoms with Gasteiger partial charge in [-0.2, -0.15) is 5.10 Å². The average Bonchev–Trinajstić information content (AvgIpc) is 2.59. The summed E-state index contributed by atoms with van der Waals surface area (Å²) < 4.78 is 12.6. The average molecular weight is 394 g/mol. The third kappa shape index (κ3) is 3.79. The van der Waals surface area contributed by atoms with Gasteiger partial charge >= 0.3 is 0 Å². The summed E-state index contributed by atoms with van der Waals surface area (Å²) in [7, 11) is 4.83. The summed E-state index contributed by atoms with van der Waals surface area (Å²) in [5, 5.41) is 7.22. The molecule has 0 aliphatic heterocycles. The molecule has 0 unspecified atom stereocenters. The predicted octanol–water partition coefficient (Wildman–Crippen LogP) is 2.90. The molecule has 0 saturated heterocycles. The molecule has 1 aromatic heterocycles. The van der Waals surface area contributed by atoms with E-state index in [-0.39, 0.29) is 5.56 Å². The zero-order chi connectivity index (χ0) is 17.7. The molecule has 0 saturated carbocycles. The number of anilines is 1. The largest absolute Gasteiger partial charge is 0.493 e. The lowest BCUT2D eigenvalue weighted by Gasteiger charge is -2.15. The minimum Gasteiger partial charge on any atom is -0.493 e. The van der Waals surface area contributed by atoms with Crippen molar-refractivity contribution < 1.29 is 9.47 Å². The fourth-order valence-electron chi connectivity index (χ4n) is 2.35. The van der Waals surface area contributed by atoms with Crippen molar-refractivity contribution in [3.63, 3.8) is 0 Å². The van der Waals surface area contributed by atoms with Crippen LogP contribution in [0.1, 0.15) is 11.1 Å². The molecule has 24 heavy (non-hydrogen) atoms. The highest BCUT2D eigenvalue weighted by molar-refractivity contribution is 9.10. The Bertz CT molecular complexity index is 802. The Balaban J connectivity index is 2.30. The maximum atomic E-state index is 11.9. The highest BCUT2D eigenvalue weighted by atomic mass is 79.9. The fourth-order valence-corrected chi connectivity index (χ4v) is 2.85. The van der Waals surface area contributed by atoms with Crippen LogP contribution in [-0.4, -0.2) is 24.0 Å². The van der Waals surface area contributed by atoms with Gasteiger partial charge in [-0.25, -0.2) is 4.68 Å². The molecule has 0 aliphatic rings. The Labute approximate surface area is 149 Å². The lowest BCUT2D eigenvalue weighted by Crippen LogP contribution is -2.21. The van der Waals surface area contributed by atoms with Crippen molar-refractivity contribution in [2.45, 2.75) is 13.0 Å². The van der Waals surface area contributed by atoms with Crippen LogP contribution in [0.3, 0.4) is 0 Å². The van der Waals surface area contributed by atoms with Gasteiger partial charge < -0.3 is 14.8 Å². The van der Waals surface area contributed by atoms with Gasteiger partial charge in [-0.1, -0.05) is 6.08 Å². The minimum absolute atomic E-state index is 0.195. The second kappa shape index (κ2) is 8.01. The van der Waals surface area contributed by atoms with E-state index in [0.717, 1.165) is 11.1 Å². The van der Waals surface area contributed by atoms with Crippen molar-refractivity contribution in [1.82, 2.24) is 9.78 Å². The topological polar surface area (TPSA) is 65.4 Å². The van der Waals surface area contributed by atoms with E-state index >= 15 is 0 Å². The van der Waals surface area contributed by atoms with E-state index in [1.165, 1.54) is 4.68 Å². The Morgan fingerprint density at radius 3 is 2.75 bits per heavy atom. The molecule has 0 radical (unpaired) electrons. The van der Waals surface area contributed by atoms with Crippen molar-refractivity contribution in [3.05, 3.63) is 56.9 Å². The number of ether oxygens (including phenoxy) is 2. The van der Waals surface area contributed by atoms with Gasteiger partial charge in [-0.3, -0.25) is 4.79 Å². The monoisotopic (exact) mass is 393 g/mol. The fraction of sp³-hybridized carbons (Fsp3) is 0.294. The number of aryl methyl sites for hydroxylation is 1. The first-order valence-electron chi connectivity index (χ1n) is 7.32. The van der Waals surface area contributed by atoms with Crippen LogP contribution >= 0.6 is 15.9 Å². The number of rotatable bonds is 7. The highest BCUT2D eigenvalue weighted by Gasteiger charge is 2.12. The summed E-state index contributed by atoms with van der Waals surface area (Å²) in [5.74, 6) is 1.37. The van der Waals surface area contributed by atoms with Crippen LogP contribution < -0.4 is 20.3 Å². The Morgan fingerprint density at radius 1 is 1.38 bits per heavy atom. The van der Waals surface area contributed by atoms with Crippen LogP contribution in [0.15, 0.2) is 40.3 Å². The van der Waals surface area contributed by atoms with Gasteiger partial charge in [0.15, 0.2) is 11.5 Å². The van der Waals surface area contributed by atoms with E-state index in [1.807, 2.05) is 18.2 Å². The van der Waals surface area contributed by atoms with Gasteiger partial charge in [-0.15, -0.1) is 6.58 Å². The van der Waals surface area contributed by atoms with Gasteiger partial charge in [0.05, 0.1) is 26.1 Å². The summed E-state index contributed by atoms with van der Waals surface area (Å²) in [6.45, 7) is 4.29. The lowest BCUT2D eigenvalue weighted by atomic mass is 10.1. The molecule has 7 heteroatoms. The van der Waals surface area contributed by atoms with E-state index in [0.29, 0.717) is 34.6 Å². The summed E-state index contributed by atoms with van der Waals surface area (Å²) in [4.78, 5) is 11.9. The minimum atomic E-state index is -0.195. The highest BCUT2D eigenvalue weighted by Crippen LogP contribution is 2.33. The molecule has 128 valence electrons. The Hall–Kier alpha value is -2.28. The van der Waals surface area contributed by atoms with Crippen LogP contribution in [0.2, 0.25) is 0 Å². The molecule has 2 rings (SSSR count). The Kier molecular flexibility index (Phi) is 6.03. The van der Waals surface area contributed by atoms with Crippen LogP contribution in [0.5, 0.6) is 11.5 Å². The van der Waals surface area contributed by atoms with E-state index in [4.69, 9.17) is 9.47 Å². The zero-order valence-corrected chi connectivity index (χ0v) is 15.5. The standard InChI is InChI=1S/C17H20BrN3O3/c1-5-6-12-7-11(8-14(23-3)16(12)24-4)9-19-13-10-20-21(2)17(22)15(13)18/h5,7-8,10,19H,1,6,9H2,2-4H3. The first-order chi connectivity index (χ1) is 11.5. The number of aromatic nitrogens is 2. The van der Waals surface area contributed by atoms with Crippen LogP contribution in [0.25, 0.3) is 0 Å². The van der Waals surface area contributed by atoms with Crippen molar-refractivity contribution in [2.75, 3.05) is 19.5 Å². The number of nitrogens with one attached hydrogen (secondary N) is 1. The van der Waals surface area contributed by atoms with Gasteiger partial charge in [-0.05, 0) is 40.0 Å². The number of hydrogen-bond acceptors (Lipinski definition) is 5. The van der Waals surface area contributed by atoms with Gasteiger partial charge in [0, 0.05) is 19.2 Å². The van der Waals surface area contributed by atoms with Crippen LogP contribution in [0.4, 0.5) is 5.69 Å². The second-order valence-electron chi connectivity index (χ2n) is 5.14. The van der Waals surface area contributed by atoms with Crippen LogP contribution in [-0.2, 0) is 20.0 Å². The molecule has 0 spiro atoms. The molecule has 0 fully saturated rings. The molecule has 0 aliphatic carbocycles. The molecular formula is C17H20BrN3O3. The summed E-state index contributed by atoms with van der Waals surface area (Å²) in [6, 6.07) is 3.93. The van der Waals surface area contributed by atoms with Crippen molar-refractivity contribution in [1.29, 1.82) is 0 Å². The predicted molar refractivity (Wildman–Crippen MR) is 98.0 cm³/mol. The van der Waals surface area contributed by atoms with E-state index in [1.54, 1.807) is 27.5 Å². The molecule has 0 bridgehead atoms.